The molecule has 0 aliphatic heterocycles. The second kappa shape index (κ2) is 7.00. The molecule has 0 aliphatic rings. The first-order valence-electron chi connectivity index (χ1n) is 8.64. The Balaban J connectivity index is 1.72. The van der Waals surface area contributed by atoms with Crippen LogP contribution in [0.5, 0.6) is 5.75 Å². The molecule has 1 aromatic heterocycles. The van der Waals surface area contributed by atoms with Crippen LogP contribution in [-0.4, -0.2) is 5.97 Å². The molecule has 134 valence electrons. The van der Waals surface area contributed by atoms with Gasteiger partial charge in [-0.05, 0) is 36.2 Å². The number of rotatable bonds is 5. The summed E-state index contributed by atoms with van der Waals surface area (Å²) in [4.78, 5) is 11.8. The highest BCUT2D eigenvalue weighted by Crippen LogP contribution is 2.35. The molecule has 4 rings (SSSR count). The highest BCUT2D eigenvalue weighted by atomic mass is 16.5. The van der Waals surface area contributed by atoms with Crippen molar-refractivity contribution < 1.29 is 19.1 Å². The maximum atomic E-state index is 11.8. The Hall–Kier alpha value is -3.53. The summed E-state index contributed by atoms with van der Waals surface area (Å²) in [5, 5.41) is 12.3. The van der Waals surface area contributed by atoms with Crippen molar-refractivity contribution in [1.29, 1.82) is 0 Å². The van der Waals surface area contributed by atoms with Crippen LogP contribution < -0.4 is 9.84 Å². The van der Waals surface area contributed by atoms with Crippen molar-refractivity contribution in [3.05, 3.63) is 89.5 Å². The molecule has 3 aromatic carbocycles. The van der Waals surface area contributed by atoms with Gasteiger partial charge in [-0.15, -0.1) is 0 Å². The number of aryl methyl sites for hydroxylation is 1. The summed E-state index contributed by atoms with van der Waals surface area (Å²) in [7, 11) is 0. The van der Waals surface area contributed by atoms with E-state index >= 15 is 0 Å². The number of benzene rings is 3. The van der Waals surface area contributed by atoms with Crippen molar-refractivity contribution in [2.24, 2.45) is 0 Å². The van der Waals surface area contributed by atoms with Gasteiger partial charge in [-0.1, -0.05) is 54.6 Å². The van der Waals surface area contributed by atoms with Crippen molar-refractivity contribution in [1.82, 2.24) is 0 Å². The average Bonchev–Trinajstić information content (AvgIpc) is 3.07. The minimum absolute atomic E-state index is 0.0394. The lowest BCUT2D eigenvalue weighted by Crippen LogP contribution is -2.22. The molecule has 0 fully saturated rings. The lowest BCUT2D eigenvalue weighted by molar-refractivity contribution is -0.254. The molecule has 27 heavy (non-hydrogen) atoms. The van der Waals surface area contributed by atoms with Crippen molar-refractivity contribution in [2.45, 2.75) is 13.5 Å². The third-order valence-corrected chi connectivity index (χ3v) is 4.56. The number of aromatic carboxylic acids is 1. The molecular weight excluding hydrogens is 340 g/mol. The summed E-state index contributed by atoms with van der Waals surface area (Å²) in [5.74, 6) is -0.404. The standard InChI is InChI=1S/C23H18O4/c1-15-7-5-6-10-17(15)14-26-18-11-12-20-19(13-18)21(23(24)25)22(27-20)16-8-3-2-4-9-16/h2-13H,14H2,1H3,(H,24,25)/p-1. The Bertz CT molecular complexity index is 1110. The average molecular weight is 357 g/mol. The van der Waals surface area contributed by atoms with Crippen LogP contribution in [0.2, 0.25) is 0 Å². The summed E-state index contributed by atoms with van der Waals surface area (Å²) in [5.41, 5.74) is 3.43. The Morgan fingerprint density at radius 2 is 1.74 bits per heavy atom. The fraction of sp³-hybridized carbons (Fsp3) is 0.0870. The normalized spacial score (nSPS) is 10.9. The number of carbonyl (C=O) groups is 1. The molecule has 4 aromatic rings. The first kappa shape index (κ1) is 16.9. The van der Waals surface area contributed by atoms with Gasteiger partial charge in [0.2, 0.25) is 0 Å². The molecule has 4 nitrogen and oxygen atoms in total. The topological polar surface area (TPSA) is 62.5 Å². The third-order valence-electron chi connectivity index (χ3n) is 4.56. The van der Waals surface area contributed by atoms with E-state index in [4.69, 9.17) is 9.15 Å². The van der Waals surface area contributed by atoms with Gasteiger partial charge in [0.05, 0.1) is 11.5 Å². The maximum Gasteiger partial charge on any atom is 0.144 e. The van der Waals surface area contributed by atoms with Gasteiger partial charge >= 0.3 is 0 Å². The molecule has 0 atom stereocenters. The van der Waals surface area contributed by atoms with Gasteiger partial charge in [-0.25, -0.2) is 0 Å². The Kier molecular flexibility index (Phi) is 4.38. The number of carbonyl (C=O) groups excluding carboxylic acids is 1. The highest BCUT2D eigenvalue weighted by Gasteiger charge is 2.17. The van der Waals surface area contributed by atoms with Gasteiger partial charge in [0.25, 0.3) is 0 Å². The molecule has 0 saturated carbocycles. The SMILES string of the molecule is Cc1ccccc1COc1ccc2oc(-c3ccccc3)c(C(=O)[O-])c2c1. The molecule has 0 radical (unpaired) electrons. The van der Waals surface area contributed by atoms with Crippen LogP contribution in [0.3, 0.4) is 0 Å². The molecule has 0 aliphatic carbocycles. The van der Waals surface area contributed by atoms with Crippen LogP contribution in [0, 0.1) is 6.92 Å². The molecule has 0 saturated heterocycles. The van der Waals surface area contributed by atoms with Gasteiger partial charge in [0, 0.05) is 10.9 Å². The summed E-state index contributed by atoms with van der Waals surface area (Å²) in [6.45, 7) is 2.43. The zero-order chi connectivity index (χ0) is 18.8. The van der Waals surface area contributed by atoms with E-state index < -0.39 is 5.97 Å². The first-order valence-corrected chi connectivity index (χ1v) is 8.64. The summed E-state index contributed by atoms with van der Waals surface area (Å²) in [6.07, 6.45) is 0. The van der Waals surface area contributed by atoms with Gasteiger partial charge < -0.3 is 19.1 Å². The van der Waals surface area contributed by atoms with E-state index in [0.717, 1.165) is 11.1 Å². The van der Waals surface area contributed by atoms with E-state index in [9.17, 15) is 9.90 Å². The molecule has 1 heterocycles. The molecular formula is C23H17O4-. The number of furan rings is 1. The quantitative estimate of drug-likeness (QED) is 0.533. The number of carboxylic acid groups (broad SMARTS) is 1. The van der Waals surface area contributed by atoms with Crippen LogP contribution in [-0.2, 0) is 6.61 Å². The van der Waals surface area contributed by atoms with E-state index in [-0.39, 0.29) is 5.56 Å². The zero-order valence-electron chi connectivity index (χ0n) is 14.8. The minimum Gasteiger partial charge on any atom is -0.545 e. The minimum atomic E-state index is -1.27. The number of hydrogen-bond acceptors (Lipinski definition) is 4. The van der Waals surface area contributed by atoms with Crippen molar-refractivity contribution in [2.75, 3.05) is 0 Å². The lowest BCUT2D eigenvalue weighted by atomic mass is 10.1. The van der Waals surface area contributed by atoms with Crippen LogP contribution in [0.1, 0.15) is 21.5 Å². The van der Waals surface area contributed by atoms with E-state index in [1.54, 1.807) is 30.3 Å². The van der Waals surface area contributed by atoms with Gasteiger partial charge in [-0.2, -0.15) is 0 Å². The molecule has 0 N–H and O–H groups in total. The zero-order valence-corrected chi connectivity index (χ0v) is 14.8. The smallest absolute Gasteiger partial charge is 0.144 e. The van der Waals surface area contributed by atoms with Crippen LogP contribution in [0.15, 0.2) is 77.2 Å². The molecule has 0 bridgehead atoms. The number of ether oxygens (including phenoxy) is 1. The highest BCUT2D eigenvalue weighted by molar-refractivity contribution is 6.07. The second-order valence-electron chi connectivity index (χ2n) is 6.33. The van der Waals surface area contributed by atoms with Gasteiger partial charge in [0.15, 0.2) is 0 Å². The van der Waals surface area contributed by atoms with Crippen LogP contribution in [0.4, 0.5) is 0 Å². The van der Waals surface area contributed by atoms with Crippen molar-refractivity contribution >= 4 is 16.9 Å². The maximum absolute atomic E-state index is 11.8. The molecule has 4 heteroatoms. The summed E-state index contributed by atoms with van der Waals surface area (Å²) >= 11 is 0. The first-order chi connectivity index (χ1) is 13.1. The summed E-state index contributed by atoms with van der Waals surface area (Å²) < 4.78 is 11.7. The molecule has 0 spiro atoms. The van der Waals surface area contributed by atoms with E-state index in [1.807, 2.05) is 49.4 Å². The number of fused-ring (bicyclic) bond motifs is 1. The van der Waals surface area contributed by atoms with Gasteiger partial charge in [0.1, 0.15) is 23.7 Å². The van der Waals surface area contributed by atoms with Crippen molar-refractivity contribution in [3.63, 3.8) is 0 Å². The molecule has 0 amide bonds. The number of hydrogen-bond donors (Lipinski definition) is 0. The van der Waals surface area contributed by atoms with E-state index in [0.29, 0.717) is 34.6 Å². The summed E-state index contributed by atoms with van der Waals surface area (Å²) in [6, 6.07) is 22.3. The Morgan fingerprint density at radius 3 is 2.48 bits per heavy atom. The van der Waals surface area contributed by atoms with E-state index in [1.165, 1.54) is 0 Å². The fourth-order valence-corrected chi connectivity index (χ4v) is 3.10. The third kappa shape index (κ3) is 3.29. The lowest BCUT2D eigenvalue weighted by Gasteiger charge is -2.09. The van der Waals surface area contributed by atoms with Crippen LogP contribution >= 0.6 is 0 Å². The monoisotopic (exact) mass is 357 g/mol. The van der Waals surface area contributed by atoms with Gasteiger partial charge in [-0.3, -0.25) is 0 Å². The Morgan fingerprint density at radius 1 is 1.00 bits per heavy atom. The van der Waals surface area contributed by atoms with E-state index in [2.05, 4.69) is 0 Å². The largest absolute Gasteiger partial charge is 0.545 e. The predicted molar refractivity (Wildman–Crippen MR) is 101 cm³/mol. The van der Waals surface area contributed by atoms with Crippen LogP contribution in [0.25, 0.3) is 22.3 Å². The van der Waals surface area contributed by atoms with Crippen molar-refractivity contribution in [3.8, 4) is 17.1 Å². The predicted octanol–water partition coefficient (Wildman–Crippen LogP) is 4.35. The second-order valence-corrected chi connectivity index (χ2v) is 6.33. The Labute approximate surface area is 156 Å². The molecule has 0 unspecified atom stereocenters. The fourth-order valence-electron chi connectivity index (χ4n) is 3.10. The number of carboxylic acids is 1.